The zero-order chi connectivity index (χ0) is 23.3. The maximum atomic E-state index is 13.2. The summed E-state index contributed by atoms with van der Waals surface area (Å²) in [4.78, 5) is 37.9. The first-order chi connectivity index (χ1) is 15.1. The maximum absolute atomic E-state index is 13.2. The van der Waals surface area contributed by atoms with E-state index in [1.165, 1.54) is 5.57 Å². The van der Waals surface area contributed by atoms with Crippen LogP contribution in [0.15, 0.2) is 34.9 Å². The number of ketones is 2. The highest BCUT2D eigenvalue weighted by molar-refractivity contribution is 6.29. The smallest absolute Gasteiger partial charge is 0.306 e. The van der Waals surface area contributed by atoms with Crippen molar-refractivity contribution >= 4 is 29.1 Å². The van der Waals surface area contributed by atoms with Crippen molar-refractivity contribution in [2.45, 2.75) is 83.8 Å². The number of fused-ring (bicyclic) bond motifs is 4. The Bertz CT molecular complexity index is 946. The molecule has 0 aromatic carbocycles. The van der Waals surface area contributed by atoms with Gasteiger partial charge in [-0.25, -0.2) is 0 Å². The summed E-state index contributed by atoms with van der Waals surface area (Å²) in [5.41, 5.74) is 0.663. The molecular formula is C26H33ClO5. The van der Waals surface area contributed by atoms with E-state index in [2.05, 4.69) is 6.92 Å². The molecule has 4 rings (SSSR count). The van der Waals surface area contributed by atoms with Gasteiger partial charge in [0.15, 0.2) is 17.2 Å². The summed E-state index contributed by atoms with van der Waals surface area (Å²) in [6.45, 7) is 6.06. The van der Waals surface area contributed by atoms with E-state index < -0.39 is 22.5 Å². The molecule has 1 N–H and O–H groups in total. The van der Waals surface area contributed by atoms with Crippen molar-refractivity contribution in [2.75, 3.05) is 5.88 Å². The molecule has 5 atom stereocenters. The number of ether oxygens (including phenoxy) is 1. The Morgan fingerprint density at radius 3 is 2.72 bits per heavy atom. The molecule has 0 radical (unpaired) electrons. The summed E-state index contributed by atoms with van der Waals surface area (Å²) in [5.74, 6) is -0.840. The Labute approximate surface area is 194 Å². The van der Waals surface area contributed by atoms with Gasteiger partial charge in [0.05, 0.1) is 12.0 Å². The molecule has 1 fully saturated rings. The number of carbonyl (C=O) groups is 3. The number of aliphatic hydroxyl groups excluding tert-OH is 1. The third-order valence-corrected chi connectivity index (χ3v) is 8.82. The van der Waals surface area contributed by atoms with E-state index in [0.29, 0.717) is 25.7 Å². The van der Waals surface area contributed by atoms with Gasteiger partial charge >= 0.3 is 5.97 Å². The lowest BCUT2D eigenvalue weighted by atomic mass is 9.52. The van der Waals surface area contributed by atoms with E-state index in [1.807, 2.05) is 19.9 Å². The summed E-state index contributed by atoms with van der Waals surface area (Å²) in [6.07, 6.45) is 9.22. The number of rotatable bonds is 6. The molecule has 6 heteroatoms. The minimum atomic E-state index is -1.31. The fourth-order valence-corrected chi connectivity index (χ4v) is 7.16. The van der Waals surface area contributed by atoms with Crippen molar-refractivity contribution in [3.8, 4) is 0 Å². The number of hydrogen-bond donors (Lipinski definition) is 1. The van der Waals surface area contributed by atoms with E-state index in [0.717, 1.165) is 30.4 Å². The highest BCUT2D eigenvalue weighted by Gasteiger charge is 2.67. The molecule has 0 aromatic rings. The van der Waals surface area contributed by atoms with Crippen LogP contribution in [0, 0.1) is 16.7 Å². The maximum Gasteiger partial charge on any atom is 0.306 e. The lowest BCUT2D eigenvalue weighted by Crippen LogP contribution is -2.58. The highest BCUT2D eigenvalue weighted by Crippen LogP contribution is 2.65. The van der Waals surface area contributed by atoms with Crippen molar-refractivity contribution < 1.29 is 24.2 Å². The van der Waals surface area contributed by atoms with Crippen LogP contribution in [0.3, 0.4) is 0 Å². The number of Topliss-reactive ketones (excluding diaryl/α,β-unsaturated/α-hetero) is 1. The first-order valence-electron chi connectivity index (χ1n) is 11.8. The molecule has 0 aliphatic heterocycles. The topological polar surface area (TPSA) is 80.7 Å². The number of aliphatic hydroxyl groups is 1. The Kier molecular flexibility index (Phi) is 6.04. The molecule has 0 saturated heterocycles. The number of alkyl halides is 1. The van der Waals surface area contributed by atoms with Crippen LogP contribution >= 0.6 is 11.6 Å². The number of halogens is 1. The van der Waals surface area contributed by atoms with Crippen molar-refractivity contribution in [1.29, 1.82) is 0 Å². The minimum absolute atomic E-state index is 0.0109. The largest absolute Gasteiger partial charge is 0.450 e. The van der Waals surface area contributed by atoms with E-state index in [-0.39, 0.29) is 35.8 Å². The molecule has 1 saturated carbocycles. The zero-order valence-electron chi connectivity index (χ0n) is 19.2. The molecule has 4 aliphatic rings. The molecule has 0 spiro atoms. The Hall–Kier alpha value is -1.72. The van der Waals surface area contributed by atoms with Crippen molar-refractivity contribution in [2.24, 2.45) is 16.7 Å². The SMILES string of the molecule is CCCCC(=O)O[C@]1(C(=O)CCl)CC[C@H]2C3=C([C@@H](O)C[C@@]21C)[C@@]1(C)C=CC(=O)C=C1CC3. The quantitative estimate of drug-likeness (QED) is 0.355. The fraction of sp³-hybridized carbons (Fsp3) is 0.654. The van der Waals surface area contributed by atoms with Crippen LogP contribution in [0.2, 0.25) is 0 Å². The Morgan fingerprint density at radius 2 is 2.03 bits per heavy atom. The number of esters is 1. The van der Waals surface area contributed by atoms with Gasteiger partial charge in [-0.15, -0.1) is 11.6 Å². The van der Waals surface area contributed by atoms with Crippen molar-refractivity contribution in [3.63, 3.8) is 0 Å². The summed E-state index contributed by atoms with van der Waals surface area (Å²) in [5, 5.41) is 11.5. The summed E-state index contributed by atoms with van der Waals surface area (Å²) in [6, 6.07) is 0. The van der Waals surface area contributed by atoms with Gasteiger partial charge in [-0.3, -0.25) is 14.4 Å². The molecule has 174 valence electrons. The standard InChI is InChI=1S/C26H33ClO5/c1-4-5-6-22(31)32-26(21(30)15-27)12-10-19-18-8-7-16-13-17(28)9-11-24(16,2)23(18)20(29)14-25(19,26)3/h9,11,13,19-20,29H,4-8,10,12,14-15H2,1-3H3/t19-,20-,24-,25-,26-/m0/s1. The molecule has 0 heterocycles. The number of carbonyl (C=O) groups excluding carboxylic acids is 3. The van der Waals surface area contributed by atoms with Crippen molar-refractivity contribution in [1.82, 2.24) is 0 Å². The van der Waals surface area contributed by atoms with Crippen LogP contribution in [0.1, 0.15) is 72.1 Å². The predicted octanol–water partition coefficient (Wildman–Crippen LogP) is 4.61. The predicted molar refractivity (Wildman–Crippen MR) is 122 cm³/mol. The fourth-order valence-electron chi connectivity index (χ4n) is 6.94. The second kappa shape index (κ2) is 8.25. The monoisotopic (exact) mass is 460 g/mol. The molecule has 0 amide bonds. The first-order valence-corrected chi connectivity index (χ1v) is 12.3. The number of allylic oxidation sites excluding steroid dienone is 5. The lowest BCUT2D eigenvalue weighted by molar-refractivity contribution is -0.183. The van der Waals surface area contributed by atoms with Gasteiger partial charge in [-0.2, -0.15) is 0 Å². The zero-order valence-corrected chi connectivity index (χ0v) is 20.0. The van der Waals surface area contributed by atoms with Gasteiger partial charge in [0, 0.05) is 17.3 Å². The summed E-state index contributed by atoms with van der Waals surface area (Å²) >= 11 is 6.04. The molecule has 32 heavy (non-hydrogen) atoms. The Morgan fingerprint density at radius 1 is 1.28 bits per heavy atom. The number of hydrogen-bond acceptors (Lipinski definition) is 5. The van der Waals surface area contributed by atoms with Crippen LogP contribution < -0.4 is 0 Å². The average molecular weight is 461 g/mol. The summed E-state index contributed by atoms with van der Waals surface area (Å²) < 4.78 is 6.02. The van der Waals surface area contributed by atoms with Crippen LogP contribution in [0.5, 0.6) is 0 Å². The first kappa shape index (κ1) is 23.4. The van der Waals surface area contributed by atoms with Gasteiger partial charge in [0.1, 0.15) is 0 Å². The highest BCUT2D eigenvalue weighted by atomic mass is 35.5. The molecule has 0 bridgehead atoms. The second-order valence-electron chi connectivity index (χ2n) is 10.2. The van der Waals surface area contributed by atoms with Crippen molar-refractivity contribution in [3.05, 3.63) is 34.9 Å². The molecule has 4 aliphatic carbocycles. The lowest BCUT2D eigenvalue weighted by Gasteiger charge is -2.54. The molecule has 5 nitrogen and oxygen atoms in total. The normalized spacial score (nSPS) is 38.0. The second-order valence-corrected chi connectivity index (χ2v) is 10.5. The van der Waals surface area contributed by atoms with Crippen LogP contribution in [0.25, 0.3) is 0 Å². The van der Waals surface area contributed by atoms with Gasteiger partial charge in [0.25, 0.3) is 0 Å². The van der Waals surface area contributed by atoms with E-state index in [4.69, 9.17) is 16.3 Å². The molecular weight excluding hydrogens is 428 g/mol. The summed E-state index contributed by atoms with van der Waals surface area (Å²) in [7, 11) is 0. The van der Waals surface area contributed by atoms with Gasteiger partial charge in [-0.05, 0) is 69.1 Å². The third kappa shape index (κ3) is 3.27. The third-order valence-electron chi connectivity index (χ3n) is 8.58. The van der Waals surface area contributed by atoms with Gasteiger partial charge < -0.3 is 9.84 Å². The van der Waals surface area contributed by atoms with Crippen LogP contribution in [0.4, 0.5) is 0 Å². The minimum Gasteiger partial charge on any atom is -0.450 e. The molecule has 0 unspecified atom stereocenters. The average Bonchev–Trinajstić information content (AvgIpc) is 3.04. The Balaban J connectivity index is 1.78. The van der Waals surface area contributed by atoms with E-state index in [1.54, 1.807) is 12.2 Å². The van der Waals surface area contributed by atoms with E-state index in [9.17, 15) is 19.5 Å². The van der Waals surface area contributed by atoms with Gasteiger partial charge in [0.2, 0.25) is 0 Å². The van der Waals surface area contributed by atoms with Crippen LogP contribution in [-0.2, 0) is 19.1 Å². The van der Waals surface area contributed by atoms with Gasteiger partial charge in [-0.1, -0.05) is 37.5 Å². The molecule has 0 aromatic heterocycles. The van der Waals surface area contributed by atoms with E-state index >= 15 is 0 Å². The number of unbranched alkanes of at least 4 members (excludes halogenated alkanes) is 1. The van der Waals surface area contributed by atoms with Crippen LogP contribution in [-0.4, -0.2) is 40.2 Å².